The van der Waals surface area contributed by atoms with Crippen LogP contribution < -0.4 is 5.32 Å². The SMILES string of the molecule is O=C(CCc1ccc2ccccc2n1)N[C@@H]1CC(Cn2cccn2)C[C@H]1O. The van der Waals surface area contributed by atoms with Gasteiger partial charge in [0, 0.05) is 36.4 Å². The Kier molecular flexibility index (Phi) is 5.16. The first-order chi connectivity index (χ1) is 13.2. The lowest BCUT2D eigenvalue weighted by Gasteiger charge is -2.16. The molecule has 140 valence electrons. The second-order valence-electron chi connectivity index (χ2n) is 7.30. The van der Waals surface area contributed by atoms with Crippen LogP contribution in [0.2, 0.25) is 0 Å². The highest BCUT2D eigenvalue weighted by Gasteiger charge is 2.34. The predicted molar refractivity (Wildman–Crippen MR) is 103 cm³/mol. The normalized spacial score (nSPS) is 22.2. The monoisotopic (exact) mass is 364 g/mol. The van der Waals surface area contributed by atoms with Gasteiger partial charge < -0.3 is 10.4 Å². The fraction of sp³-hybridized carbons (Fsp3) is 0.381. The Hall–Kier alpha value is -2.73. The van der Waals surface area contributed by atoms with Gasteiger partial charge in [-0.2, -0.15) is 5.10 Å². The van der Waals surface area contributed by atoms with E-state index >= 15 is 0 Å². The van der Waals surface area contributed by atoms with Crippen LogP contribution in [0.5, 0.6) is 0 Å². The van der Waals surface area contributed by atoms with E-state index in [0.717, 1.165) is 29.6 Å². The average Bonchev–Trinajstić information content (AvgIpc) is 3.30. The van der Waals surface area contributed by atoms with E-state index in [1.807, 2.05) is 53.3 Å². The van der Waals surface area contributed by atoms with E-state index in [1.54, 1.807) is 6.20 Å². The average molecular weight is 364 g/mol. The van der Waals surface area contributed by atoms with Crippen LogP contribution in [0.25, 0.3) is 10.9 Å². The summed E-state index contributed by atoms with van der Waals surface area (Å²) >= 11 is 0. The Morgan fingerprint density at radius 1 is 1.19 bits per heavy atom. The summed E-state index contributed by atoms with van der Waals surface area (Å²) in [6, 6.07) is 13.7. The molecular formula is C21H24N4O2. The molecule has 1 unspecified atom stereocenters. The van der Waals surface area contributed by atoms with E-state index in [0.29, 0.717) is 25.2 Å². The van der Waals surface area contributed by atoms with Crippen molar-refractivity contribution in [3.05, 3.63) is 60.6 Å². The van der Waals surface area contributed by atoms with Gasteiger partial charge in [0.05, 0.1) is 17.7 Å². The number of fused-ring (bicyclic) bond motifs is 1. The number of hydrogen-bond donors (Lipinski definition) is 2. The zero-order valence-corrected chi connectivity index (χ0v) is 15.2. The number of aliphatic hydroxyl groups is 1. The lowest BCUT2D eigenvalue weighted by Crippen LogP contribution is -2.40. The number of carbonyl (C=O) groups excluding carboxylic acids is 1. The molecular weight excluding hydrogens is 340 g/mol. The maximum absolute atomic E-state index is 12.3. The minimum absolute atomic E-state index is 0.0336. The van der Waals surface area contributed by atoms with E-state index in [4.69, 9.17) is 0 Å². The van der Waals surface area contributed by atoms with Gasteiger partial charge >= 0.3 is 0 Å². The molecule has 4 rings (SSSR count). The smallest absolute Gasteiger partial charge is 0.220 e. The molecule has 0 saturated heterocycles. The molecule has 6 heteroatoms. The lowest BCUT2D eigenvalue weighted by molar-refractivity contribution is -0.122. The van der Waals surface area contributed by atoms with Gasteiger partial charge in [-0.25, -0.2) is 0 Å². The molecule has 0 bridgehead atoms. The molecule has 2 N–H and O–H groups in total. The molecule has 0 aliphatic heterocycles. The van der Waals surface area contributed by atoms with Crippen molar-refractivity contribution in [2.75, 3.05) is 0 Å². The van der Waals surface area contributed by atoms with Crippen molar-refractivity contribution in [2.24, 2.45) is 5.92 Å². The minimum Gasteiger partial charge on any atom is -0.391 e. The minimum atomic E-state index is -0.492. The zero-order valence-electron chi connectivity index (χ0n) is 15.2. The molecule has 0 spiro atoms. The summed E-state index contributed by atoms with van der Waals surface area (Å²) in [4.78, 5) is 16.9. The van der Waals surface area contributed by atoms with Gasteiger partial charge in [0.2, 0.25) is 5.91 Å². The summed E-state index contributed by atoms with van der Waals surface area (Å²) in [7, 11) is 0. The Morgan fingerprint density at radius 3 is 2.93 bits per heavy atom. The van der Waals surface area contributed by atoms with E-state index in [-0.39, 0.29) is 11.9 Å². The Morgan fingerprint density at radius 2 is 2.07 bits per heavy atom. The van der Waals surface area contributed by atoms with Crippen LogP contribution in [-0.4, -0.2) is 37.9 Å². The number of carbonyl (C=O) groups is 1. The van der Waals surface area contributed by atoms with E-state index < -0.39 is 6.10 Å². The second kappa shape index (κ2) is 7.88. The largest absolute Gasteiger partial charge is 0.391 e. The quantitative estimate of drug-likeness (QED) is 0.703. The van der Waals surface area contributed by atoms with Gasteiger partial charge in [0.1, 0.15) is 0 Å². The topological polar surface area (TPSA) is 80.0 Å². The van der Waals surface area contributed by atoms with Crippen LogP contribution in [0.1, 0.15) is 25.0 Å². The van der Waals surface area contributed by atoms with Gasteiger partial charge in [-0.05, 0) is 43.4 Å². The molecule has 6 nitrogen and oxygen atoms in total. The summed E-state index contributed by atoms with van der Waals surface area (Å²) in [5.41, 5.74) is 1.86. The number of aromatic nitrogens is 3. The first kappa shape index (κ1) is 17.7. The van der Waals surface area contributed by atoms with Crippen LogP contribution in [0.15, 0.2) is 54.9 Å². The van der Waals surface area contributed by atoms with E-state index in [1.165, 1.54) is 0 Å². The van der Waals surface area contributed by atoms with Crippen LogP contribution in [0.4, 0.5) is 0 Å². The van der Waals surface area contributed by atoms with Gasteiger partial charge in [-0.3, -0.25) is 14.5 Å². The number of benzene rings is 1. The summed E-state index contributed by atoms with van der Waals surface area (Å²) in [6.07, 6.45) is 5.63. The Bertz CT molecular complexity index is 909. The molecule has 0 radical (unpaired) electrons. The molecule has 1 saturated carbocycles. The van der Waals surface area contributed by atoms with E-state index in [2.05, 4.69) is 15.4 Å². The molecule has 1 amide bonds. The molecule has 3 aromatic rings. The third-order valence-corrected chi connectivity index (χ3v) is 5.24. The van der Waals surface area contributed by atoms with Crippen LogP contribution in [-0.2, 0) is 17.8 Å². The molecule has 3 atom stereocenters. The second-order valence-corrected chi connectivity index (χ2v) is 7.30. The highest BCUT2D eigenvalue weighted by Crippen LogP contribution is 2.27. The number of aliphatic hydroxyl groups excluding tert-OH is 1. The first-order valence-corrected chi connectivity index (χ1v) is 9.47. The van der Waals surface area contributed by atoms with Crippen LogP contribution in [0, 0.1) is 5.92 Å². The van der Waals surface area contributed by atoms with Crippen molar-refractivity contribution in [3.8, 4) is 0 Å². The predicted octanol–water partition coefficient (Wildman–Crippen LogP) is 2.32. The van der Waals surface area contributed by atoms with Gasteiger partial charge in [-0.1, -0.05) is 24.3 Å². The zero-order chi connectivity index (χ0) is 18.6. The molecule has 1 aliphatic rings. The van der Waals surface area contributed by atoms with Crippen LogP contribution >= 0.6 is 0 Å². The molecule has 1 aliphatic carbocycles. The van der Waals surface area contributed by atoms with Crippen LogP contribution in [0.3, 0.4) is 0 Å². The first-order valence-electron chi connectivity index (χ1n) is 9.47. The summed E-state index contributed by atoms with van der Waals surface area (Å²) in [5, 5.41) is 18.6. The molecule has 27 heavy (non-hydrogen) atoms. The van der Waals surface area contributed by atoms with Crippen molar-refractivity contribution in [1.82, 2.24) is 20.1 Å². The molecule has 1 fully saturated rings. The number of nitrogens with one attached hydrogen (secondary N) is 1. The van der Waals surface area contributed by atoms with Crippen molar-refractivity contribution < 1.29 is 9.90 Å². The fourth-order valence-corrected chi connectivity index (χ4v) is 3.86. The van der Waals surface area contributed by atoms with Crippen molar-refractivity contribution in [3.63, 3.8) is 0 Å². The molecule has 2 aromatic heterocycles. The Balaban J connectivity index is 1.28. The number of aryl methyl sites for hydroxylation is 1. The van der Waals surface area contributed by atoms with Crippen molar-refractivity contribution in [2.45, 2.75) is 44.4 Å². The number of pyridine rings is 1. The van der Waals surface area contributed by atoms with Gasteiger partial charge in [-0.15, -0.1) is 0 Å². The summed E-state index contributed by atoms with van der Waals surface area (Å²) in [6.45, 7) is 0.775. The maximum atomic E-state index is 12.3. The highest BCUT2D eigenvalue weighted by atomic mass is 16.3. The fourth-order valence-electron chi connectivity index (χ4n) is 3.86. The third-order valence-electron chi connectivity index (χ3n) is 5.24. The number of nitrogens with zero attached hydrogens (tertiary/aromatic N) is 3. The lowest BCUT2D eigenvalue weighted by atomic mass is 10.1. The standard InChI is InChI=1S/C21H24N4O2/c26-20-13-15(14-25-11-3-10-22-25)12-19(20)24-21(27)9-8-17-7-6-16-4-1-2-5-18(16)23-17/h1-7,10-11,15,19-20,26H,8-9,12-14H2,(H,24,27)/t15?,19-,20-/m1/s1. The third kappa shape index (κ3) is 4.34. The number of para-hydroxylation sites is 1. The van der Waals surface area contributed by atoms with E-state index in [9.17, 15) is 9.90 Å². The summed E-state index contributed by atoms with van der Waals surface area (Å²) < 4.78 is 1.88. The summed E-state index contributed by atoms with van der Waals surface area (Å²) in [5.74, 6) is 0.293. The molecule has 2 heterocycles. The number of hydrogen-bond acceptors (Lipinski definition) is 4. The van der Waals surface area contributed by atoms with Gasteiger partial charge in [0.15, 0.2) is 0 Å². The van der Waals surface area contributed by atoms with Gasteiger partial charge in [0.25, 0.3) is 0 Å². The number of rotatable bonds is 6. The Labute approximate surface area is 158 Å². The van der Waals surface area contributed by atoms with Crippen molar-refractivity contribution >= 4 is 16.8 Å². The van der Waals surface area contributed by atoms with Crippen molar-refractivity contribution in [1.29, 1.82) is 0 Å². The molecule has 1 aromatic carbocycles. The number of amides is 1. The maximum Gasteiger partial charge on any atom is 0.220 e. The highest BCUT2D eigenvalue weighted by molar-refractivity contribution is 5.79.